The van der Waals surface area contributed by atoms with Crippen LogP contribution in [-0.4, -0.2) is 21.6 Å². The number of alkyl halides is 3. The van der Waals surface area contributed by atoms with Crippen LogP contribution in [0.4, 0.5) is 8.78 Å². The standard InChI is InChI=1S/C9H7ClF2O3/c10-9(11,12)8(15,7(13)14)6-4-2-1-3-5-6/h1-5,15H,(H,13,14). The zero-order chi connectivity index (χ0) is 11.7. The summed E-state index contributed by atoms with van der Waals surface area (Å²) >= 11 is 4.61. The summed E-state index contributed by atoms with van der Waals surface area (Å²) in [5, 5.41) is 13.7. The second-order valence-electron chi connectivity index (χ2n) is 2.88. The van der Waals surface area contributed by atoms with Gasteiger partial charge in [-0.3, -0.25) is 0 Å². The van der Waals surface area contributed by atoms with Gasteiger partial charge in [-0.1, -0.05) is 30.3 Å². The zero-order valence-electron chi connectivity index (χ0n) is 7.32. The van der Waals surface area contributed by atoms with Crippen molar-refractivity contribution in [3.05, 3.63) is 35.9 Å². The molecule has 3 nitrogen and oxygen atoms in total. The van der Waals surface area contributed by atoms with Crippen LogP contribution >= 0.6 is 11.6 Å². The molecule has 1 unspecified atom stereocenters. The Balaban J connectivity index is 3.32. The lowest BCUT2D eigenvalue weighted by atomic mass is 9.94. The van der Waals surface area contributed by atoms with Crippen molar-refractivity contribution < 1.29 is 23.8 Å². The fraction of sp³-hybridized carbons (Fsp3) is 0.222. The summed E-state index contributed by atoms with van der Waals surface area (Å²) in [5.74, 6) is -2.10. The minimum Gasteiger partial charge on any atom is -0.479 e. The van der Waals surface area contributed by atoms with Crippen molar-refractivity contribution in [2.75, 3.05) is 0 Å². The van der Waals surface area contributed by atoms with E-state index in [1.165, 1.54) is 18.2 Å². The number of benzene rings is 1. The molecule has 1 aromatic carbocycles. The van der Waals surface area contributed by atoms with Gasteiger partial charge in [-0.25, -0.2) is 4.79 Å². The number of aliphatic hydroxyl groups is 1. The first-order valence-electron chi connectivity index (χ1n) is 3.88. The van der Waals surface area contributed by atoms with Gasteiger partial charge in [0.15, 0.2) is 0 Å². The van der Waals surface area contributed by atoms with Gasteiger partial charge in [0.25, 0.3) is 5.60 Å². The molecule has 2 N–H and O–H groups in total. The molecule has 0 fully saturated rings. The first kappa shape index (κ1) is 11.9. The van der Waals surface area contributed by atoms with Crippen LogP contribution in [-0.2, 0) is 10.4 Å². The molecule has 0 aliphatic carbocycles. The predicted molar refractivity (Wildman–Crippen MR) is 48.8 cm³/mol. The number of rotatable bonds is 3. The van der Waals surface area contributed by atoms with Gasteiger partial charge in [0.05, 0.1) is 0 Å². The first-order chi connectivity index (χ1) is 6.80. The topological polar surface area (TPSA) is 57.5 Å². The van der Waals surface area contributed by atoms with Crippen LogP contribution in [0.2, 0.25) is 0 Å². The van der Waals surface area contributed by atoms with Gasteiger partial charge in [0.1, 0.15) is 0 Å². The number of hydrogen-bond acceptors (Lipinski definition) is 2. The van der Waals surface area contributed by atoms with E-state index in [9.17, 15) is 18.7 Å². The van der Waals surface area contributed by atoms with Gasteiger partial charge in [0, 0.05) is 5.56 Å². The van der Waals surface area contributed by atoms with Crippen LogP contribution in [0, 0.1) is 0 Å². The average molecular weight is 237 g/mol. The highest BCUT2D eigenvalue weighted by Gasteiger charge is 2.59. The molecule has 0 bridgehead atoms. The van der Waals surface area contributed by atoms with Crippen LogP contribution in [0.15, 0.2) is 30.3 Å². The van der Waals surface area contributed by atoms with E-state index in [-0.39, 0.29) is 0 Å². The molecule has 0 saturated carbocycles. The molecule has 0 aliphatic heterocycles. The number of carboxylic acid groups (broad SMARTS) is 1. The van der Waals surface area contributed by atoms with E-state index < -0.39 is 22.5 Å². The van der Waals surface area contributed by atoms with E-state index in [4.69, 9.17) is 5.11 Å². The Morgan fingerprint density at radius 1 is 1.27 bits per heavy atom. The Morgan fingerprint density at radius 3 is 2.07 bits per heavy atom. The fourth-order valence-corrected chi connectivity index (χ4v) is 1.28. The van der Waals surface area contributed by atoms with Crippen molar-refractivity contribution in [2.45, 2.75) is 11.0 Å². The molecule has 0 heterocycles. The summed E-state index contributed by atoms with van der Waals surface area (Å²) in [6, 6.07) is 6.27. The van der Waals surface area contributed by atoms with Gasteiger partial charge < -0.3 is 10.2 Å². The van der Waals surface area contributed by atoms with E-state index in [1.807, 2.05) is 0 Å². The summed E-state index contributed by atoms with van der Waals surface area (Å²) in [6.45, 7) is 0. The molecule has 0 spiro atoms. The van der Waals surface area contributed by atoms with E-state index >= 15 is 0 Å². The minimum atomic E-state index is -4.29. The maximum Gasteiger partial charge on any atom is 0.365 e. The molecule has 0 aromatic heterocycles. The van der Waals surface area contributed by atoms with Gasteiger partial charge >= 0.3 is 11.4 Å². The van der Waals surface area contributed by atoms with E-state index in [1.54, 1.807) is 0 Å². The summed E-state index contributed by atoms with van der Waals surface area (Å²) in [6.07, 6.45) is 0. The molecule has 0 radical (unpaired) electrons. The zero-order valence-corrected chi connectivity index (χ0v) is 8.08. The normalized spacial score (nSPS) is 15.7. The highest BCUT2D eigenvalue weighted by atomic mass is 35.5. The first-order valence-corrected chi connectivity index (χ1v) is 4.26. The third kappa shape index (κ3) is 1.93. The lowest BCUT2D eigenvalue weighted by Crippen LogP contribution is -2.48. The van der Waals surface area contributed by atoms with Gasteiger partial charge in [0.2, 0.25) is 0 Å². The summed E-state index contributed by atoms with van der Waals surface area (Å²) in [7, 11) is 0. The summed E-state index contributed by atoms with van der Waals surface area (Å²) in [5.41, 5.74) is -3.90. The lowest BCUT2D eigenvalue weighted by Gasteiger charge is -2.27. The molecule has 15 heavy (non-hydrogen) atoms. The molecule has 0 aliphatic rings. The van der Waals surface area contributed by atoms with Crippen molar-refractivity contribution in [2.24, 2.45) is 0 Å². The maximum atomic E-state index is 12.8. The van der Waals surface area contributed by atoms with E-state index in [0.717, 1.165) is 12.1 Å². The molecule has 82 valence electrons. The molecule has 0 amide bonds. The maximum absolute atomic E-state index is 12.8. The average Bonchev–Trinajstić information content (AvgIpc) is 2.16. The van der Waals surface area contributed by atoms with Crippen molar-refractivity contribution in [3.8, 4) is 0 Å². The monoisotopic (exact) mass is 236 g/mol. The molecule has 1 atom stereocenters. The third-order valence-electron chi connectivity index (χ3n) is 1.91. The van der Waals surface area contributed by atoms with E-state index in [0.29, 0.717) is 0 Å². The van der Waals surface area contributed by atoms with Crippen molar-refractivity contribution in [3.63, 3.8) is 0 Å². The van der Waals surface area contributed by atoms with Crippen molar-refractivity contribution in [1.29, 1.82) is 0 Å². The predicted octanol–water partition coefficient (Wildman–Crippen LogP) is 1.79. The van der Waals surface area contributed by atoms with Crippen molar-refractivity contribution >= 4 is 17.6 Å². The van der Waals surface area contributed by atoms with Crippen LogP contribution in [0.5, 0.6) is 0 Å². The van der Waals surface area contributed by atoms with Gasteiger partial charge in [-0.05, 0) is 11.6 Å². The quantitative estimate of drug-likeness (QED) is 0.787. The molecular formula is C9H7ClF2O3. The Bertz CT molecular complexity index is 363. The fourth-order valence-electron chi connectivity index (χ4n) is 1.09. The molecule has 0 saturated heterocycles. The largest absolute Gasteiger partial charge is 0.479 e. The molecule has 1 rings (SSSR count). The highest BCUT2D eigenvalue weighted by molar-refractivity contribution is 6.24. The van der Waals surface area contributed by atoms with Crippen LogP contribution < -0.4 is 0 Å². The van der Waals surface area contributed by atoms with Gasteiger partial charge in [-0.2, -0.15) is 8.78 Å². The molecule has 1 aromatic rings. The van der Waals surface area contributed by atoms with Crippen LogP contribution in [0.1, 0.15) is 5.56 Å². The number of aliphatic carboxylic acids is 1. The summed E-state index contributed by atoms with van der Waals surface area (Å²) in [4.78, 5) is 10.7. The van der Waals surface area contributed by atoms with Crippen molar-refractivity contribution in [1.82, 2.24) is 0 Å². The van der Waals surface area contributed by atoms with Crippen LogP contribution in [0.25, 0.3) is 0 Å². The second kappa shape index (κ2) is 3.75. The minimum absolute atomic E-state index is 0.475. The van der Waals surface area contributed by atoms with Crippen LogP contribution in [0.3, 0.4) is 0 Å². The number of halogens is 3. The Kier molecular flexibility index (Phi) is 2.97. The third-order valence-corrected chi connectivity index (χ3v) is 2.18. The molecule has 6 heteroatoms. The van der Waals surface area contributed by atoms with E-state index in [2.05, 4.69) is 11.6 Å². The smallest absolute Gasteiger partial charge is 0.365 e. The number of carboxylic acids is 1. The molecular weight excluding hydrogens is 230 g/mol. The number of hydrogen-bond donors (Lipinski definition) is 2. The highest BCUT2D eigenvalue weighted by Crippen LogP contribution is 2.40. The SMILES string of the molecule is O=C(O)C(O)(c1ccccc1)C(F)(F)Cl. The number of carbonyl (C=O) groups is 1. The summed E-state index contributed by atoms with van der Waals surface area (Å²) < 4.78 is 25.7. The lowest BCUT2D eigenvalue weighted by molar-refractivity contribution is -0.187. The second-order valence-corrected chi connectivity index (χ2v) is 3.35. The Morgan fingerprint density at radius 2 is 1.73 bits per heavy atom. The Hall–Kier alpha value is -1.20. The van der Waals surface area contributed by atoms with Gasteiger partial charge in [-0.15, -0.1) is 0 Å². The Labute approximate surface area is 88.9 Å².